The van der Waals surface area contributed by atoms with Crippen molar-refractivity contribution in [1.82, 2.24) is 10.6 Å². The van der Waals surface area contributed by atoms with Gasteiger partial charge < -0.3 is 20.1 Å². The molecule has 3 rings (SSSR count). The standard InChI is InChI=1S/C23H27N3O6/c1-16-6-7-20(31-2)19(12-16)23(8-10-32-11-9-23)15-25-21(27)14-24-22(28)17-4-3-5-18(13-17)26(29)30/h3-7,12-13H,8-11,14-15H2,1-2H3,(H,24,28)(H,25,27). The molecule has 1 heterocycles. The maximum absolute atomic E-state index is 12.5. The molecule has 0 saturated carbocycles. The van der Waals surface area contributed by atoms with Crippen LogP contribution in [0, 0.1) is 17.0 Å². The first-order valence-electron chi connectivity index (χ1n) is 10.4. The highest BCUT2D eigenvalue weighted by Crippen LogP contribution is 2.40. The van der Waals surface area contributed by atoms with Gasteiger partial charge in [0.25, 0.3) is 11.6 Å². The van der Waals surface area contributed by atoms with Gasteiger partial charge in [0, 0.05) is 48.4 Å². The summed E-state index contributed by atoms with van der Waals surface area (Å²) in [5.74, 6) is -0.128. The van der Waals surface area contributed by atoms with Crippen LogP contribution in [0.2, 0.25) is 0 Å². The van der Waals surface area contributed by atoms with Crippen molar-refractivity contribution in [1.29, 1.82) is 0 Å². The normalized spacial score (nSPS) is 14.9. The molecule has 2 amide bonds. The van der Waals surface area contributed by atoms with Crippen LogP contribution in [-0.2, 0) is 14.9 Å². The maximum atomic E-state index is 12.5. The maximum Gasteiger partial charge on any atom is 0.270 e. The molecule has 0 radical (unpaired) electrons. The number of hydrogen-bond donors (Lipinski definition) is 2. The zero-order valence-corrected chi connectivity index (χ0v) is 18.2. The van der Waals surface area contributed by atoms with Crippen LogP contribution >= 0.6 is 0 Å². The van der Waals surface area contributed by atoms with E-state index >= 15 is 0 Å². The number of carbonyl (C=O) groups excluding carboxylic acids is 2. The summed E-state index contributed by atoms with van der Waals surface area (Å²) in [4.78, 5) is 35.1. The Morgan fingerprint density at radius 2 is 1.91 bits per heavy atom. The van der Waals surface area contributed by atoms with E-state index in [-0.39, 0.29) is 29.1 Å². The fraction of sp³-hybridized carbons (Fsp3) is 0.391. The second-order valence-electron chi connectivity index (χ2n) is 7.86. The van der Waals surface area contributed by atoms with Crippen LogP contribution < -0.4 is 15.4 Å². The number of carbonyl (C=O) groups is 2. The molecule has 0 bridgehead atoms. The van der Waals surface area contributed by atoms with Crippen LogP contribution in [0.25, 0.3) is 0 Å². The largest absolute Gasteiger partial charge is 0.496 e. The average molecular weight is 441 g/mol. The quantitative estimate of drug-likeness (QED) is 0.480. The van der Waals surface area contributed by atoms with Crippen molar-refractivity contribution in [3.05, 3.63) is 69.3 Å². The number of nitro groups is 1. The minimum atomic E-state index is -0.573. The Hall–Kier alpha value is -3.46. The molecule has 2 aromatic rings. The molecule has 2 N–H and O–H groups in total. The predicted octanol–water partition coefficient (Wildman–Crippen LogP) is 2.51. The molecule has 0 atom stereocenters. The van der Waals surface area contributed by atoms with Gasteiger partial charge in [-0.2, -0.15) is 0 Å². The molecule has 1 aliphatic rings. The summed E-state index contributed by atoms with van der Waals surface area (Å²) in [6.07, 6.45) is 1.46. The number of aryl methyl sites for hydroxylation is 1. The van der Waals surface area contributed by atoms with Crippen molar-refractivity contribution < 1.29 is 24.0 Å². The van der Waals surface area contributed by atoms with E-state index in [9.17, 15) is 19.7 Å². The third kappa shape index (κ3) is 5.42. The Labute approximate surface area is 186 Å². The predicted molar refractivity (Wildman–Crippen MR) is 118 cm³/mol. The molecule has 1 fully saturated rings. The summed E-state index contributed by atoms with van der Waals surface area (Å²) < 4.78 is 11.1. The third-order valence-electron chi connectivity index (χ3n) is 5.73. The molecule has 1 aliphatic heterocycles. The first-order chi connectivity index (χ1) is 15.3. The highest BCUT2D eigenvalue weighted by Gasteiger charge is 2.37. The Balaban J connectivity index is 1.65. The molecule has 2 aromatic carbocycles. The van der Waals surface area contributed by atoms with Gasteiger partial charge in [-0.25, -0.2) is 0 Å². The van der Waals surface area contributed by atoms with Gasteiger partial charge in [0.1, 0.15) is 5.75 Å². The van der Waals surface area contributed by atoms with Crippen LogP contribution in [0.3, 0.4) is 0 Å². The van der Waals surface area contributed by atoms with Crippen LogP contribution in [0.15, 0.2) is 42.5 Å². The highest BCUT2D eigenvalue weighted by molar-refractivity contribution is 5.96. The zero-order valence-electron chi connectivity index (χ0n) is 18.2. The number of benzene rings is 2. The molecular formula is C23H27N3O6. The minimum absolute atomic E-state index is 0.123. The Kier molecular flexibility index (Phi) is 7.42. The lowest BCUT2D eigenvalue weighted by Gasteiger charge is -2.38. The van der Waals surface area contributed by atoms with E-state index in [0.717, 1.165) is 29.7 Å². The first-order valence-corrected chi connectivity index (χ1v) is 10.4. The lowest BCUT2D eigenvalue weighted by Crippen LogP contribution is -2.47. The molecule has 9 heteroatoms. The van der Waals surface area contributed by atoms with Gasteiger partial charge in [0.2, 0.25) is 5.91 Å². The van der Waals surface area contributed by atoms with Gasteiger partial charge in [-0.15, -0.1) is 0 Å². The smallest absolute Gasteiger partial charge is 0.270 e. The topological polar surface area (TPSA) is 120 Å². The molecule has 1 saturated heterocycles. The number of non-ortho nitro benzene ring substituents is 1. The number of methoxy groups -OCH3 is 1. The fourth-order valence-corrected chi connectivity index (χ4v) is 3.89. The second-order valence-corrected chi connectivity index (χ2v) is 7.86. The molecule has 9 nitrogen and oxygen atoms in total. The van der Waals surface area contributed by atoms with Crippen molar-refractivity contribution in [2.75, 3.05) is 33.4 Å². The zero-order chi connectivity index (χ0) is 23.1. The molecule has 0 aliphatic carbocycles. The van der Waals surface area contributed by atoms with Crippen molar-refractivity contribution in [2.24, 2.45) is 0 Å². The Morgan fingerprint density at radius 3 is 2.59 bits per heavy atom. The molecule has 0 spiro atoms. The Bertz CT molecular complexity index is 1000. The third-order valence-corrected chi connectivity index (χ3v) is 5.73. The van der Waals surface area contributed by atoms with E-state index in [4.69, 9.17) is 9.47 Å². The monoisotopic (exact) mass is 441 g/mol. The number of nitrogens with zero attached hydrogens (tertiary/aromatic N) is 1. The molecule has 170 valence electrons. The number of amides is 2. The van der Waals surface area contributed by atoms with Gasteiger partial charge in [0.15, 0.2) is 0 Å². The van der Waals surface area contributed by atoms with E-state index in [0.29, 0.717) is 19.8 Å². The molecule has 0 unspecified atom stereocenters. The van der Waals surface area contributed by atoms with E-state index in [2.05, 4.69) is 16.7 Å². The molecule has 32 heavy (non-hydrogen) atoms. The minimum Gasteiger partial charge on any atom is -0.496 e. The summed E-state index contributed by atoms with van der Waals surface area (Å²) in [6.45, 7) is 3.31. The summed E-state index contributed by atoms with van der Waals surface area (Å²) in [5.41, 5.74) is 1.73. The number of nitrogens with one attached hydrogen (secondary N) is 2. The van der Waals surface area contributed by atoms with E-state index in [1.807, 2.05) is 19.1 Å². The average Bonchev–Trinajstić information content (AvgIpc) is 2.81. The summed E-state index contributed by atoms with van der Waals surface area (Å²) in [6, 6.07) is 11.4. The van der Waals surface area contributed by atoms with Crippen LogP contribution in [0.1, 0.15) is 34.3 Å². The summed E-state index contributed by atoms with van der Waals surface area (Å²) >= 11 is 0. The van der Waals surface area contributed by atoms with Gasteiger partial charge in [-0.1, -0.05) is 23.8 Å². The Morgan fingerprint density at radius 1 is 1.16 bits per heavy atom. The van der Waals surface area contributed by atoms with Crippen molar-refractivity contribution in [3.8, 4) is 5.75 Å². The number of ether oxygens (including phenoxy) is 2. The second kappa shape index (κ2) is 10.2. The lowest BCUT2D eigenvalue weighted by molar-refractivity contribution is -0.384. The molecular weight excluding hydrogens is 414 g/mol. The summed E-state index contributed by atoms with van der Waals surface area (Å²) in [7, 11) is 1.63. The first kappa shape index (κ1) is 23.2. The van der Waals surface area contributed by atoms with Crippen LogP contribution in [0.5, 0.6) is 5.75 Å². The van der Waals surface area contributed by atoms with Crippen molar-refractivity contribution in [2.45, 2.75) is 25.2 Å². The highest BCUT2D eigenvalue weighted by atomic mass is 16.6. The van der Waals surface area contributed by atoms with E-state index in [1.165, 1.54) is 24.3 Å². The fourth-order valence-electron chi connectivity index (χ4n) is 3.89. The van der Waals surface area contributed by atoms with Crippen molar-refractivity contribution in [3.63, 3.8) is 0 Å². The molecule has 0 aromatic heterocycles. The SMILES string of the molecule is COc1ccc(C)cc1C1(CNC(=O)CNC(=O)c2cccc([N+](=O)[O-])c2)CCOCC1. The van der Waals surface area contributed by atoms with Gasteiger partial charge >= 0.3 is 0 Å². The number of hydrogen-bond acceptors (Lipinski definition) is 6. The number of nitro benzene ring substituents is 1. The van der Waals surface area contributed by atoms with Crippen LogP contribution in [-0.4, -0.2) is 50.2 Å². The number of rotatable bonds is 8. The van der Waals surface area contributed by atoms with Gasteiger partial charge in [-0.05, 0) is 31.9 Å². The van der Waals surface area contributed by atoms with Gasteiger partial charge in [0.05, 0.1) is 18.6 Å². The van der Waals surface area contributed by atoms with Crippen molar-refractivity contribution >= 4 is 17.5 Å². The van der Waals surface area contributed by atoms with Crippen LogP contribution in [0.4, 0.5) is 5.69 Å². The van der Waals surface area contributed by atoms with E-state index < -0.39 is 10.8 Å². The van der Waals surface area contributed by atoms with E-state index in [1.54, 1.807) is 7.11 Å². The summed E-state index contributed by atoms with van der Waals surface area (Å²) in [5, 5.41) is 16.3. The van der Waals surface area contributed by atoms with Gasteiger partial charge in [-0.3, -0.25) is 19.7 Å². The lowest BCUT2D eigenvalue weighted by atomic mass is 9.73.